The van der Waals surface area contributed by atoms with Crippen LogP contribution in [0, 0.1) is 0 Å². The second-order valence-corrected chi connectivity index (χ2v) is 7.55. The maximum Gasteiger partial charge on any atom is 0.185 e. The highest BCUT2D eigenvalue weighted by molar-refractivity contribution is 7.15. The number of rotatable bonds is 7. The minimum Gasteiger partial charge on any atom is -0.346 e. The Kier molecular flexibility index (Phi) is 6.02. The van der Waals surface area contributed by atoms with Gasteiger partial charge in [-0.2, -0.15) is 0 Å². The van der Waals surface area contributed by atoms with Gasteiger partial charge in [0.1, 0.15) is 0 Å². The van der Waals surface area contributed by atoms with E-state index in [1.54, 1.807) is 0 Å². The maximum absolute atomic E-state index is 4.95. The number of nitrogens with zero attached hydrogens (tertiary/aromatic N) is 3. The van der Waals surface area contributed by atoms with Gasteiger partial charge in [0.15, 0.2) is 5.13 Å². The summed E-state index contributed by atoms with van der Waals surface area (Å²) in [5, 5.41) is 4.74. The van der Waals surface area contributed by atoms with E-state index in [0.717, 1.165) is 26.2 Å². The monoisotopic (exact) mass is 310 g/mol. The number of likely N-dealkylation sites (N-methyl/N-ethyl adjacent to an activating group) is 1. The fourth-order valence-corrected chi connectivity index (χ4v) is 4.00. The number of hydrogen-bond acceptors (Lipinski definition) is 5. The normalized spacial score (nSPS) is 19.2. The molecule has 1 aliphatic heterocycles. The predicted molar refractivity (Wildman–Crippen MR) is 92.5 cm³/mol. The molecule has 0 spiro atoms. The van der Waals surface area contributed by atoms with Crippen molar-refractivity contribution < 1.29 is 0 Å². The Balaban J connectivity index is 2.08. The third-order valence-electron chi connectivity index (χ3n) is 4.14. The minimum absolute atomic E-state index is 0.501. The summed E-state index contributed by atoms with van der Waals surface area (Å²) in [6.45, 7) is 11.0. The molecule has 2 heterocycles. The van der Waals surface area contributed by atoms with E-state index in [4.69, 9.17) is 4.98 Å². The molecule has 1 N–H and O–H groups in total. The maximum atomic E-state index is 4.95. The molecule has 0 saturated carbocycles. The molecule has 5 heteroatoms. The summed E-state index contributed by atoms with van der Waals surface area (Å²) in [5.74, 6) is 0.501. The number of anilines is 1. The van der Waals surface area contributed by atoms with Gasteiger partial charge in [-0.3, -0.25) is 0 Å². The molecular weight excluding hydrogens is 280 g/mol. The lowest BCUT2D eigenvalue weighted by atomic mass is 10.1. The molecule has 120 valence electrons. The predicted octanol–water partition coefficient (Wildman–Crippen LogP) is 2.91. The standard InChI is InChI=1S/C16H30N4S/c1-6-8-17-10-14-15(12(2)3)18-16(21-14)20-9-7-13(11-20)19(4)5/h12-13,17H,6-11H2,1-5H3. The van der Waals surface area contributed by atoms with Crippen LogP contribution in [-0.2, 0) is 6.54 Å². The summed E-state index contributed by atoms with van der Waals surface area (Å²) in [7, 11) is 4.35. The second-order valence-electron chi connectivity index (χ2n) is 6.49. The fraction of sp³-hybridized carbons (Fsp3) is 0.812. The van der Waals surface area contributed by atoms with Crippen molar-refractivity contribution in [3.8, 4) is 0 Å². The van der Waals surface area contributed by atoms with Gasteiger partial charge in [0.05, 0.1) is 5.69 Å². The van der Waals surface area contributed by atoms with Crippen LogP contribution in [-0.4, -0.2) is 49.7 Å². The lowest BCUT2D eigenvalue weighted by molar-refractivity contribution is 0.315. The average molecular weight is 311 g/mol. The van der Waals surface area contributed by atoms with E-state index in [0.29, 0.717) is 12.0 Å². The summed E-state index contributed by atoms with van der Waals surface area (Å²) >= 11 is 1.88. The first-order valence-corrected chi connectivity index (χ1v) is 8.96. The van der Waals surface area contributed by atoms with E-state index >= 15 is 0 Å². The average Bonchev–Trinajstić information content (AvgIpc) is 3.05. The van der Waals surface area contributed by atoms with Gasteiger partial charge in [0, 0.05) is 30.6 Å². The molecule has 1 atom stereocenters. The summed E-state index contributed by atoms with van der Waals surface area (Å²) < 4.78 is 0. The number of aromatic nitrogens is 1. The fourth-order valence-electron chi connectivity index (χ4n) is 2.78. The van der Waals surface area contributed by atoms with Crippen molar-refractivity contribution in [2.24, 2.45) is 0 Å². The Morgan fingerprint density at radius 1 is 1.43 bits per heavy atom. The van der Waals surface area contributed by atoms with Crippen molar-refractivity contribution in [1.29, 1.82) is 0 Å². The molecule has 0 radical (unpaired) electrons. The Labute approximate surface area is 133 Å². The molecule has 1 saturated heterocycles. The molecule has 0 aliphatic carbocycles. The summed E-state index contributed by atoms with van der Waals surface area (Å²) in [4.78, 5) is 11.2. The molecule has 4 nitrogen and oxygen atoms in total. The van der Waals surface area contributed by atoms with Crippen molar-refractivity contribution in [3.63, 3.8) is 0 Å². The zero-order valence-electron chi connectivity index (χ0n) is 14.1. The quantitative estimate of drug-likeness (QED) is 0.785. The van der Waals surface area contributed by atoms with Crippen molar-refractivity contribution in [2.45, 2.75) is 52.1 Å². The lowest BCUT2D eigenvalue weighted by Crippen LogP contribution is -2.31. The van der Waals surface area contributed by atoms with Crippen LogP contribution in [0.1, 0.15) is 50.1 Å². The SMILES string of the molecule is CCCNCc1sc(N2CCC(N(C)C)C2)nc1C(C)C. The molecule has 0 amide bonds. The van der Waals surface area contributed by atoms with E-state index in [1.165, 1.54) is 28.5 Å². The van der Waals surface area contributed by atoms with Crippen LogP contribution < -0.4 is 10.2 Å². The third kappa shape index (κ3) is 4.18. The van der Waals surface area contributed by atoms with Gasteiger partial charge in [-0.1, -0.05) is 20.8 Å². The first-order chi connectivity index (χ1) is 10.0. The Bertz CT molecular complexity index is 441. The zero-order chi connectivity index (χ0) is 15.4. The van der Waals surface area contributed by atoms with Gasteiger partial charge in [0.25, 0.3) is 0 Å². The topological polar surface area (TPSA) is 31.4 Å². The minimum atomic E-state index is 0.501. The lowest BCUT2D eigenvalue weighted by Gasteiger charge is -2.19. The van der Waals surface area contributed by atoms with Gasteiger partial charge < -0.3 is 15.1 Å². The Hall–Kier alpha value is -0.650. The Morgan fingerprint density at radius 2 is 2.19 bits per heavy atom. The van der Waals surface area contributed by atoms with Gasteiger partial charge in [-0.15, -0.1) is 11.3 Å². The molecule has 2 rings (SSSR count). The number of thiazole rings is 1. The first kappa shape index (κ1) is 16.7. The Morgan fingerprint density at radius 3 is 2.76 bits per heavy atom. The van der Waals surface area contributed by atoms with Crippen LogP contribution >= 0.6 is 11.3 Å². The molecular formula is C16H30N4S. The molecule has 1 aromatic rings. The van der Waals surface area contributed by atoms with Crippen LogP contribution in [0.5, 0.6) is 0 Å². The second kappa shape index (κ2) is 7.56. The van der Waals surface area contributed by atoms with Crippen molar-refractivity contribution in [1.82, 2.24) is 15.2 Å². The van der Waals surface area contributed by atoms with Crippen LogP contribution in [0.4, 0.5) is 5.13 Å². The smallest absolute Gasteiger partial charge is 0.185 e. The summed E-state index contributed by atoms with van der Waals surface area (Å²) in [5.41, 5.74) is 1.28. The van der Waals surface area contributed by atoms with Crippen LogP contribution in [0.3, 0.4) is 0 Å². The summed E-state index contributed by atoms with van der Waals surface area (Å²) in [6, 6.07) is 0.665. The highest BCUT2D eigenvalue weighted by Crippen LogP contribution is 2.32. The van der Waals surface area contributed by atoms with Crippen LogP contribution in [0.25, 0.3) is 0 Å². The number of nitrogens with one attached hydrogen (secondary N) is 1. The third-order valence-corrected chi connectivity index (χ3v) is 5.27. The van der Waals surface area contributed by atoms with Crippen LogP contribution in [0.2, 0.25) is 0 Å². The highest BCUT2D eigenvalue weighted by atomic mass is 32.1. The molecule has 0 bridgehead atoms. The highest BCUT2D eigenvalue weighted by Gasteiger charge is 2.27. The van der Waals surface area contributed by atoms with E-state index in [1.807, 2.05) is 11.3 Å². The molecule has 1 aromatic heterocycles. The van der Waals surface area contributed by atoms with E-state index in [2.05, 4.69) is 50.0 Å². The van der Waals surface area contributed by atoms with Crippen LogP contribution in [0.15, 0.2) is 0 Å². The summed E-state index contributed by atoms with van der Waals surface area (Å²) in [6.07, 6.45) is 2.42. The van der Waals surface area contributed by atoms with Crippen molar-refractivity contribution >= 4 is 16.5 Å². The number of hydrogen-bond donors (Lipinski definition) is 1. The van der Waals surface area contributed by atoms with Gasteiger partial charge in [-0.25, -0.2) is 4.98 Å². The van der Waals surface area contributed by atoms with Gasteiger partial charge in [-0.05, 0) is 39.4 Å². The zero-order valence-corrected chi connectivity index (χ0v) is 15.0. The first-order valence-electron chi connectivity index (χ1n) is 8.14. The van der Waals surface area contributed by atoms with Gasteiger partial charge >= 0.3 is 0 Å². The van der Waals surface area contributed by atoms with E-state index in [-0.39, 0.29) is 0 Å². The van der Waals surface area contributed by atoms with Gasteiger partial charge in [0.2, 0.25) is 0 Å². The molecule has 1 aliphatic rings. The largest absolute Gasteiger partial charge is 0.346 e. The van der Waals surface area contributed by atoms with E-state index in [9.17, 15) is 0 Å². The molecule has 1 fully saturated rings. The molecule has 1 unspecified atom stereocenters. The van der Waals surface area contributed by atoms with E-state index < -0.39 is 0 Å². The van der Waals surface area contributed by atoms with Crippen molar-refractivity contribution in [2.75, 3.05) is 38.6 Å². The molecule has 21 heavy (non-hydrogen) atoms. The van der Waals surface area contributed by atoms with Crippen molar-refractivity contribution in [3.05, 3.63) is 10.6 Å². The molecule has 0 aromatic carbocycles.